The summed E-state index contributed by atoms with van der Waals surface area (Å²) in [6.07, 6.45) is -0.976. The van der Waals surface area contributed by atoms with Crippen LogP contribution in [0.25, 0.3) is 0 Å². The summed E-state index contributed by atoms with van der Waals surface area (Å²) in [5.74, 6) is -1.52. The Bertz CT molecular complexity index is 1590. The summed E-state index contributed by atoms with van der Waals surface area (Å²) >= 11 is 12.4. The lowest BCUT2D eigenvalue weighted by molar-refractivity contribution is -0.132. The van der Waals surface area contributed by atoms with Crippen molar-refractivity contribution in [3.05, 3.63) is 105 Å². The first-order chi connectivity index (χ1) is 22.8. The molecule has 48 heavy (non-hydrogen) atoms. The summed E-state index contributed by atoms with van der Waals surface area (Å²) in [6, 6.07) is 18.2. The van der Waals surface area contributed by atoms with E-state index >= 15 is 0 Å². The van der Waals surface area contributed by atoms with Crippen LogP contribution in [0.5, 0.6) is 0 Å². The lowest BCUT2D eigenvalue weighted by Gasteiger charge is -2.42. The third-order valence-corrected chi connectivity index (χ3v) is 9.76. The van der Waals surface area contributed by atoms with E-state index in [4.69, 9.17) is 23.2 Å². The summed E-state index contributed by atoms with van der Waals surface area (Å²) in [6.45, 7) is 8.22. The molecule has 5 rings (SSSR count). The summed E-state index contributed by atoms with van der Waals surface area (Å²) in [5.41, 5.74) is 2.84. The van der Waals surface area contributed by atoms with Crippen molar-refractivity contribution in [1.82, 2.24) is 20.4 Å². The van der Waals surface area contributed by atoms with Crippen molar-refractivity contribution < 1.29 is 24.2 Å². The molecule has 1 aliphatic heterocycles. The van der Waals surface area contributed by atoms with Gasteiger partial charge in [-0.05, 0) is 80.1 Å². The Morgan fingerprint density at radius 2 is 1.75 bits per heavy atom. The van der Waals surface area contributed by atoms with Crippen molar-refractivity contribution in [1.29, 1.82) is 0 Å². The van der Waals surface area contributed by atoms with Gasteiger partial charge in [-0.2, -0.15) is 0 Å². The third kappa shape index (κ3) is 9.55. The number of hydrogen-bond acceptors (Lipinski definition) is 6. The molecule has 1 fully saturated rings. The largest absolute Gasteiger partial charge is 0.392 e. The number of carbonyl (C=O) groups excluding carboxylic acids is 2. The van der Waals surface area contributed by atoms with Crippen LogP contribution in [0.15, 0.2) is 66.7 Å². The number of halogens is 3. The van der Waals surface area contributed by atoms with Crippen LogP contribution < -0.4 is 10.6 Å². The molecule has 0 unspecified atom stereocenters. The minimum atomic E-state index is -0.922. The Morgan fingerprint density at radius 1 is 1.00 bits per heavy atom. The highest BCUT2D eigenvalue weighted by Crippen LogP contribution is 2.33. The monoisotopic (exact) mass is 698 g/mol. The first kappa shape index (κ1) is 36.2. The van der Waals surface area contributed by atoms with E-state index in [1.807, 2.05) is 68.1 Å². The molecular formula is C37H45Cl2FN4O4. The zero-order valence-electron chi connectivity index (χ0n) is 27.6. The van der Waals surface area contributed by atoms with Crippen LogP contribution in [0.1, 0.15) is 55.5 Å². The molecule has 1 heterocycles. The van der Waals surface area contributed by atoms with Gasteiger partial charge in [0.25, 0.3) is 0 Å². The van der Waals surface area contributed by atoms with Gasteiger partial charge in [-0.15, -0.1) is 0 Å². The molecule has 2 aliphatic rings. The van der Waals surface area contributed by atoms with Gasteiger partial charge in [-0.1, -0.05) is 65.7 Å². The van der Waals surface area contributed by atoms with Crippen LogP contribution >= 0.6 is 23.2 Å². The maximum Gasteiger partial charge on any atom is 0.239 e. The predicted octanol–water partition coefficient (Wildman–Crippen LogP) is 4.92. The normalized spacial score (nSPS) is 21.4. The fourth-order valence-corrected chi connectivity index (χ4v) is 7.05. The number of benzene rings is 3. The number of hydrogen-bond donors (Lipinski definition) is 4. The Hall–Kier alpha value is -3.05. The van der Waals surface area contributed by atoms with Gasteiger partial charge in [0, 0.05) is 50.6 Å². The molecule has 0 bridgehead atoms. The zero-order chi connectivity index (χ0) is 34.6. The number of rotatable bonds is 11. The van der Waals surface area contributed by atoms with Crippen molar-refractivity contribution in [3.8, 4) is 0 Å². The molecule has 258 valence electrons. The van der Waals surface area contributed by atoms with Gasteiger partial charge in [-0.3, -0.25) is 19.4 Å². The van der Waals surface area contributed by atoms with Gasteiger partial charge in [0.1, 0.15) is 11.9 Å². The van der Waals surface area contributed by atoms with Crippen molar-refractivity contribution in [3.63, 3.8) is 0 Å². The first-order valence-electron chi connectivity index (χ1n) is 16.5. The number of aliphatic hydroxyl groups is 2. The molecule has 8 nitrogen and oxygen atoms in total. The molecule has 1 aliphatic carbocycles. The molecule has 3 aromatic rings. The zero-order valence-corrected chi connectivity index (χ0v) is 29.1. The van der Waals surface area contributed by atoms with Crippen LogP contribution in [0, 0.1) is 11.7 Å². The van der Waals surface area contributed by atoms with Crippen LogP contribution in [-0.2, 0) is 29.0 Å². The number of piperazine rings is 1. The van der Waals surface area contributed by atoms with E-state index in [1.54, 1.807) is 12.1 Å². The molecule has 0 saturated carbocycles. The predicted molar refractivity (Wildman–Crippen MR) is 186 cm³/mol. The SMILES string of the molecule is CC(C)(C)NC(=O)[C@@H]1CN(Cc2ccc(Cl)c(Cl)c2)CCN1C[C@@H](O)C[C@@H](Cc1ccccc1)C(=O)N[C@H]1c2cc(F)ccc2C[C@H]1O. The fraction of sp³-hybridized carbons (Fsp3) is 0.459. The maximum atomic E-state index is 14.1. The lowest BCUT2D eigenvalue weighted by Crippen LogP contribution is -2.61. The average Bonchev–Trinajstić information content (AvgIpc) is 3.32. The molecule has 2 amide bonds. The molecule has 0 radical (unpaired) electrons. The van der Waals surface area contributed by atoms with Crippen molar-refractivity contribution in [2.24, 2.45) is 5.92 Å². The standard InChI is InChI=1S/C37H45Cl2FN4O4/c1-37(2,3)42-36(48)32-22-43(20-24-9-12-30(38)31(39)16-24)13-14-44(32)21-28(45)17-26(15-23-7-5-4-6-8-23)35(47)41-34-29-19-27(40)11-10-25(29)18-33(34)46/h4-12,16,19,26,28,32-34,45-46H,13-15,17-18,20-22H2,1-3H3,(H,41,47)(H,42,48)/t26-,28+,32+,33-,34+/m1/s1. The highest BCUT2D eigenvalue weighted by atomic mass is 35.5. The van der Waals surface area contributed by atoms with Crippen molar-refractivity contribution >= 4 is 35.0 Å². The van der Waals surface area contributed by atoms with E-state index in [0.717, 1.165) is 16.7 Å². The van der Waals surface area contributed by atoms with E-state index in [1.165, 1.54) is 12.1 Å². The molecule has 1 saturated heterocycles. The Morgan fingerprint density at radius 3 is 2.46 bits per heavy atom. The highest BCUT2D eigenvalue weighted by molar-refractivity contribution is 6.42. The highest BCUT2D eigenvalue weighted by Gasteiger charge is 2.37. The third-order valence-electron chi connectivity index (χ3n) is 9.02. The van der Waals surface area contributed by atoms with Gasteiger partial charge in [0.15, 0.2) is 0 Å². The fourth-order valence-electron chi connectivity index (χ4n) is 6.73. The van der Waals surface area contributed by atoms with Gasteiger partial charge in [-0.25, -0.2) is 4.39 Å². The van der Waals surface area contributed by atoms with Gasteiger partial charge < -0.3 is 20.8 Å². The van der Waals surface area contributed by atoms with Crippen molar-refractivity contribution in [2.45, 2.75) is 76.4 Å². The van der Waals surface area contributed by atoms with Gasteiger partial charge in [0.2, 0.25) is 11.8 Å². The number of amides is 2. The van der Waals surface area contributed by atoms with E-state index in [0.29, 0.717) is 54.6 Å². The van der Waals surface area contributed by atoms with Gasteiger partial charge in [0.05, 0.1) is 28.3 Å². The van der Waals surface area contributed by atoms with E-state index in [9.17, 15) is 24.2 Å². The quantitative estimate of drug-likeness (QED) is 0.227. The minimum Gasteiger partial charge on any atom is -0.392 e. The first-order valence-corrected chi connectivity index (χ1v) is 17.2. The summed E-state index contributed by atoms with van der Waals surface area (Å²) in [5, 5.41) is 29.3. The number of aliphatic hydroxyl groups excluding tert-OH is 2. The van der Waals surface area contributed by atoms with Crippen LogP contribution in [0.3, 0.4) is 0 Å². The molecule has 0 aromatic heterocycles. The molecule has 4 N–H and O–H groups in total. The Balaban J connectivity index is 1.30. The number of fused-ring (bicyclic) bond motifs is 1. The average molecular weight is 700 g/mol. The summed E-state index contributed by atoms with van der Waals surface area (Å²) < 4.78 is 14.1. The topological polar surface area (TPSA) is 105 Å². The number of carbonyl (C=O) groups is 2. The minimum absolute atomic E-state index is 0.131. The smallest absolute Gasteiger partial charge is 0.239 e. The van der Waals surface area contributed by atoms with Crippen LogP contribution in [0.4, 0.5) is 4.39 Å². The Kier molecular flexibility index (Phi) is 11.8. The summed E-state index contributed by atoms with van der Waals surface area (Å²) in [7, 11) is 0. The molecule has 3 aromatic carbocycles. The van der Waals surface area contributed by atoms with Crippen molar-refractivity contribution in [2.75, 3.05) is 26.2 Å². The molecule has 0 spiro atoms. The molecule has 11 heteroatoms. The molecular weight excluding hydrogens is 654 g/mol. The maximum absolute atomic E-state index is 14.1. The number of nitrogens with zero attached hydrogens (tertiary/aromatic N) is 2. The Labute approximate surface area is 292 Å². The second-order valence-corrected chi connectivity index (χ2v) is 14.9. The van der Waals surface area contributed by atoms with E-state index in [-0.39, 0.29) is 24.8 Å². The number of nitrogens with one attached hydrogen (secondary N) is 2. The van der Waals surface area contributed by atoms with Gasteiger partial charge >= 0.3 is 0 Å². The molecule has 5 atom stereocenters. The van der Waals surface area contributed by atoms with E-state index < -0.39 is 41.6 Å². The van der Waals surface area contributed by atoms with E-state index in [2.05, 4.69) is 15.5 Å². The second-order valence-electron chi connectivity index (χ2n) is 14.1. The lowest BCUT2D eigenvalue weighted by atomic mass is 9.91. The van der Waals surface area contributed by atoms with Crippen LogP contribution in [-0.4, -0.2) is 81.8 Å². The second kappa shape index (κ2) is 15.7. The number of β-amino-alcohol motifs (C(OH)–C–C–N with tert-alkyl or cyclic N) is 1. The summed E-state index contributed by atoms with van der Waals surface area (Å²) in [4.78, 5) is 31.6. The van der Waals surface area contributed by atoms with Crippen LogP contribution in [0.2, 0.25) is 10.0 Å².